The van der Waals surface area contributed by atoms with Crippen LogP contribution >= 0.6 is 11.6 Å². The SMILES string of the molecule is CC(Cl)COc1ccccc1C(=O)O. The van der Waals surface area contributed by atoms with Gasteiger partial charge in [-0.25, -0.2) is 4.79 Å². The highest BCUT2D eigenvalue weighted by Crippen LogP contribution is 2.18. The van der Waals surface area contributed by atoms with Gasteiger partial charge in [0.15, 0.2) is 0 Å². The molecule has 1 unspecified atom stereocenters. The van der Waals surface area contributed by atoms with Gasteiger partial charge < -0.3 is 9.84 Å². The van der Waals surface area contributed by atoms with Gasteiger partial charge in [-0.1, -0.05) is 12.1 Å². The third-order valence-corrected chi connectivity index (χ3v) is 1.71. The number of hydrogen-bond donors (Lipinski definition) is 1. The predicted octanol–water partition coefficient (Wildman–Crippen LogP) is 2.39. The molecular weight excluding hydrogens is 204 g/mol. The van der Waals surface area contributed by atoms with Crippen LogP contribution in [0, 0.1) is 0 Å². The average molecular weight is 215 g/mol. The summed E-state index contributed by atoms with van der Waals surface area (Å²) in [5.74, 6) is -0.643. The minimum absolute atomic E-state index is 0.142. The Kier molecular flexibility index (Phi) is 3.77. The molecule has 14 heavy (non-hydrogen) atoms. The summed E-state index contributed by atoms with van der Waals surface area (Å²) in [6.45, 7) is 2.08. The summed E-state index contributed by atoms with van der Waals surface area (Å²) in [6, 6.07) is 6.49. The molecule has 76 valence electrons. The van der Waals surface area contributed by atoms with Gasteiger partial charge in [-0.2, -0.15) is 0 Å². The lowest BCUT2D eigenvalue weighted by Gasteiger charge is -2.09. The summed E-state index contributed by atoms with van der Waals surface area (Å²) in [7, 11) is 0. The quantitative estimate of drug-likeness (QED) is 0.783. The molecule has 1 atom stereocenters. The van der Waals surface area contributed by atoms with Crippen molar-refractivity contribution in [2.45, 2.75) is 12.3 Å². The van der Waals surface area contributed by atoms with E-state index < -0.39 is 5.97 Å². The fourth-order valence-electron chi connectivity index (χ4n) is 0.974. The highest BCUT2D eigenvalue weighted by Gasteiger charge is 2.10. The number of carboxylic acids is 1. The Bertz CT molecular complexity index is 323. The maximum Gasteiger partial charge on any atom is 0.339 e. The molecule has 0 aliphatic heterocycles. The first-order chi connectivity index (χ1) is 6.61. The molecule has 0 spiro atoms. The fraction of sp³-hybridized carbons (Fsp3) is 0.300. The first-order valence-corrected chi connectivity index (χ1v) is 4.64. The summed E-state index contributed by atoms with van der Waals surface area (Å²) in [4.78, 5) is 10.8. The van der Waals surface area contributed by atoms with Crippen molar-refractivity contribution in [2.75, 3.05) is 6.61 Å². The molecule has 0 bridgehead atoms. The Labute approximate surface area is 87.3 Å². The molecule has 0 amide bonds. The van der Waals surface area contributed by atoms with Crippen LogP contribution in [0.5, 0.6) is 5.75 Å². The normalized spacial score (nSPS) is 12.1. The van der Waals surface area contributed by atoms with Crippen LogP contribution in [0.1, 0.15) is 17.3 Å². The summed E-state index contributed by atoms with van der Waals surface area (Å²) < 4.78 is 5.25. The summed E-state index contributed by atoms with van der Waals surface area (Å²) in [5.41, 5.74) is 0.157. The number of ether oxygens (including phenoxy) is 1. The summed E-state index contributed by atoms with van der Waals surface area (Å²) in [5, 5.41) is 8.68. The minimum atomic E-state index is -0.997. The van der Waals surface area contributed by atoms with E-state index in [1.54, 1.807) is 25.1 Å². The van der Waals surface area contributed by atoms with Crippen molar-refractivity contribution in [1.82, 2.24) is 0 Å². The van der Waals surface area contributed by atoms with Gasteiger partial charge in [0.1, 0.15) is 17.9 Å². The molecule has 1 N–H and O–H groups in total. The number of rotatable bonds is 4. The van der Waals surface area contributed by atoms with Crippen molar-refractivity contribution in [1.29, 1.82) is 0 Å². The Morgan fingerprint density at radius 2 is 2.21 bits per heavy atom. The van der Waals surface area contributed by atoms with Crippen LogP contribution in [-0.4, -0.2) is 23.1 Å². The average Bonchev–Trinajstić information content (AvgIpc) is 2.15. The third kappa shape index (κ3) is 2.92. The molecule has 0 radical (unpaired) electrons. The van der Waals surface area contributed by atoms with Gasteiger partial charge >= 0.3 is 5.97 Å². The van der Waals surface area contributed by atoms with Gasteiger partial charge in [0, 0.05) is 0 Å². The van der Waals surface area contributed by atoms with Crippen molar-refractivity contribution >= 4 is 17.6 Å². The Morgan fingerprint density at radius 1 is 1.57 bits per heavy atom. The number of aromatic carboxylic acids is 1. The van der Waals surface area contributed by atoms with Gasteiger partial charge in [0.2, 0.25) is 0 Å². The van der Waals surface area contributed by atoms with E-state index in [0.717, 1.165) is 0 Å². The maximum absolute atomic E-state index is 10.8. The molecule has 0 heterocycles. The molecule has 0 saturated carbocycles. The van der Waals surface area contributed by atoms with E-state index in [-0.39, 0.29) is 10.9 Å². The molecule has 4 heteroatoms. The molecular formula is C10H11ClO3. The molecule has 1 aromatic carbocycles. The summed E-state index contributed by atoms with van der Waals surface area (Å²) in [6.07, 6.45) is 0. The van der Waals surface area contributed by atoms with E-state index in [0.29, 0.717) is 12.4 Å². The molecule has 3 nitrogen and oxygen atoms in total. The van der Waals surface area contributed by atoms with Crippen molar-refractivity contribution in [3.63, 3.8) is 0 Å². The number of alkyl halides is 1. The lowest BCUT2D eigenvalue weighted by molar-refractivity contribution is 0.0692. The summed E-state index contributed by atoms with van der Waals surface area (Å²) >= 11 is 5.69. The van der Waals surface area contributed by atoms with Crippen LogP contribution in [0.2, 0.25) is 0 Å². The fourth-order valence-corrected chi connectivity index (χ4v) is 1.04. The minimum Gasteiger partial charge on any atom is -0.491 e. The zero-order valence-corrected chi connectivity index (χ0v) is 8.49. The van der Waals surface area contributed by atoms with Gasteiger partial charge in [-0.15, -0.1) is 11.6 Å². The van der Waals surface area contributed by atoms with E-state index in [9.17, 15) is 4.79 Å². The molecule has 0 aliphatic rings. The number of para-hydroxylation sites is 1. The van der Waals surface area contributed by atoms with E-state index in [1.807, 2.05) is 0 Å². The lowest BCUT2D eigenvalue weighted by atomic mass is 10.2. The first kappa shape index (κ1) is 10.9. The monoisotopic (exact) mass is 214 g/mol. The Balaban J connectivity index is 2.79. The number of halogens is 1. The van der Waals surface area contributed by atoms with Gasteiger partial charge in [-0.3, -0.25) is 0 Å². The third-order valence-electron chi connectivity index (χ3n) is 1.59. The van der Waals surface area contributed by atoms with Crippen LogP contribution in [-0.2, 0) is 0 Å². The molecule has 0 aromatic heterocycles. The van der Waals surface area contributed by atoms with Crippen LogP contribution in [0.3, 0.4) is 0 Å². The number of carbonyl (C=O) groups is 1. The van der Waals surface area contributed by atoms with Crippen LogP contribution in [0.4, 0.5) is 0 Å². The van der Waals surface area contributed by atoms with E-state index in [2.05, 4.69) is 0 Å². The highest BCUT2D eigenvalue weighted by atomic mass is 35.5. The Hall–Kier alpha value is -1.22. The second-order valence-corrected chi connectivity index (χ2v) is 3.64. The van der Waals surface area contributed by atoms with E-state index in [1.165, 1.54) is 6.07 Å². The standard InChI is InChI=1S/C10H11ClO3/c1-7(11)6-14-9-5-3-2-4-8(9)10(12)13/h2-5,7H,6H2,1H3,(H,12,13). The maximum atomic E-state index is 10.8. The van der Waals surface area contributed by atoms with E-state index >= 15 is 0 Å². The Morgan fingerprint density at radius 3 is 2.79 bits per heavy atom. The van der Waals surface area contributed by atoms with Gasteiger partial charge in [0.05, 0.1) is 5.38 Å². The second kappa shape index (κ2) is 4.86. The van der Waals surface area contributed by atoms with Gasteiger partial charge in [0.25, 0.3) is 0 Å². The zero-order chi connectivity index (χ0) is 10.6. The first-order valence-electron chi connectivity index (χ1n) is 4.20. The number of carboxylic acid groups (broad SMARTS) is 1. The lowest BCUT2D eigenvalue weighted by Crippen LogP contribution is -2.10. The number of hydrogen-bond acceptors (Lipinski definition) is 2. The molecule has 0 fully saturated rings. The van der Waals surface area contributed by atoms with Crippen LogP contribution in [0.25, 0.3) is 0 Å². The zero-order valence-electron chi connectivity index (χ0n) is 7.74. The van der Waals surface area contributed by atoms with E-state index in [4.69, 9.17) is 21.4 Å². The second-order valence-electron chi connectivity index (χ2n) is 2.89. The predicted molar refractivity (Wildman–Crippen MR) is 54.2 cm³/mol. The number of benzene rings is 1. The largest absolute Gasteiger partial charge is 0.491 e. The van der Waals surface area contributed by atoms with Gasteiger partial charge in [-0.05, 0) is 19.1 Å². The smallest absolute Gasteiger partial charge is 0.339 e. The highest BCUT2D eigenvalue weighted by molar-refractivity contribution is 6.20. The van der Waals surface area contributed by atoms with Crippen molar-refractivity contribution in [2.24, 2.45) is 0 Å². The molecule has 0 saturated heterocycles. The van der Waals surface area contributed by atoms with Crippen LogP contribution < -0.4 is 4.74 Å². The topological polar surface area (TPSA) is 46.5 Å². The molecule has 1 aromatic rings. The van der Waals surface area contributed by atoms with Crippen molar-refractivity contribution in [3.8, 4) is 5.75 Å². The van der Waals surface area contributed by atoms with Crippen LogP contribution in [0.15, 0.2) is 24.3 Å². The molecule has 1 rings (SSSR count). The molecule has 0 aliphatic carbocycles. The van der Waals surface area contributed by atoms with Crippen molar-refractivity contribution in [3.05, 3.63) is 29.8 Å². The van der Waals surface area contributed by atoms with Crippen molar-refractivity contribution < 1.29 is 14.6 Å².